The number of ether oxygens (including phenoxy) is 2. The third-order valence-electron chi connectivity index (χ3n) is 2.64. The molecular weight excluding hydrogens is 356 g/mol. The summed E-state index contributed by atoms with van der Waals surface area (Å²) in [6.07, 6.45) is 0. The molecule has 2 aromatic rings. The third-order valence-corrected chi connectivity index (χ3v) is 5.31. The van der Waals surface area contributed by atoms with Gasteiger partial charge >= 0.3 is 0 Å². The highest BCUT2D eigenvalue weighted by Crippen LogP contribution is 2.19. The topological polar surface area (TPSA) is 120 Å². The quantitative estimate of drug-likeness (QED) is 0.521. The molecule has 0 aliphatic heterocycles. The van der Waals surface area contributed by atoms with E-state index in [1.165, 1.54) is 6.92 Å². The monoisotopic (exact) mass is 372 g/mol. The van der Waals surface area contributed by atoms with E-state index in [2.05, 4.69) is 20.2 Å². The van der Waals surface area contributed by atoms with Crippen LogP contribution in [0.3, 0.4) is 0 Å². The Morgan fingerprint density at radius 2 is 1.88 bits per heavy atom. The maximum Gasteiger partial charge on any atom is 0.269 e. The summed E-state index contributed by atoms with van der Waals surface area (Å²) >= 11 is 0.767. The highest BCUT2D eigenvalue weighted by Gasteiger charge is 2.20. The van der Waals surface area contributed by atoms with Crippen LogP contribution in [-0.2, 0) is 14.8 Å². The number of aromatic nitrogens is 2. The van der Waals surface area contributed by atoms with E-state index in [4.69, 9.17) is 9.47 Å². The molecule has 0 spiro atoms. The van der Waals surface area contributed by atoms with E-state index in [0.717, 1.165) is 11.3 Å². The number of hydrogen-bond donors (Lipinski definition) is 2. The molecule has 1 heterocycles. The van der Waals surface area contributed by atoms with Crippen LogP contribution in [0, 0.1) is 0 Å². The summed E-state index contributed by atoms with van der Waals surface area (Å²) in [6, 6.07) is 6.92. The molecule has 0 fully saturated rings. The van der Waals surface area contributed by atoms with Crippen LogP contribution in [0.4, 0.5) is 5.13 Å². The number of carbonyl (C=O) groups excluding carboxylic acids is 1. The zero-order valence-electron chi connectivity index (χ0n) is 13.0. The van der Waals surface area contributed by atoms with Crippen LogP contribution in [0.25, 0.3) is 0 Å². The smallest absolute Gasteiger partial charge is 0.269 e. The molecule has 0 atom stereocenters. The van der Waals surface area contributed by atoms with Crippen molar-refractivity contribution in [3.05, 3.63) is 24.3 Å². The van der Waals surface area contributed by atoms with Gasteiger partial charge in [-0.05, 0) is 24.3 Å². The Morgan fingerprint density at radius 1 is 1.21 bits per heavy atom. The van der Waals surface area contributed by atoms with Crippen molar-refractivity contribution in [2.24, 2.45) is 0 Å². The van der Waals surface area contributed by atoms with Gasteiger partial charge in [0.25, 0.3) is 10.0 Å². The summed E-state index contributed by atoms with van der Waals surface area (Å²) in [7, 11) is -2.23. The standard InChI is InChI=1S/C13H16N4O5S2/c1-9(18)15-12-16-17-13(23-12)24(19,20)14-7-8-22-11-5-3-10(21-2)4-6-11/h3-6,14H,7-8H2,1-2H3,(H,15,16,18). The minimum absolute atomic E-state index is 0.0589. The summed E-state index contributed by atoms with van der Waals surface area (Å²) in [5.74, 6) is 0.948. The molecule has 0 aliphatic rings. The Kier molecular flexibility index (Phi) is 6.06. The van der Waals surface area contributed by atoms with Gasteiger partial charge in [-0.25, -0.2) is 13.1 Å². The second-order valence-corrected chi connectivity index (χ2v) is 7.39. The minimum atomic E-state index is -3.80. The number of sulfonamides is 1. The second kappa shape index (κ2) is 8.04. The first kappa shape index (κ1) is 18.1. The van der Waals surface area contributed by atoms with Crippen LogP contribution in [0.15, 0.2) is 28.6 Å². The van der Waals surface area contributed by atoms with Crippen LogP contribution >= 0.6 is 11.3 Å². The van der Waals surface area contributed by atoms with Crippen LogP contribution in [0.5, 0.6) is 11.5 Å². The van der Waals surface area contributed by atoms with E-state index < -0.39 is 10.0 Å². The predicted octanol–water partition coefficient (Wildman–Crippen LogP) is 0.862. The lowest BCUT2D eigenvalue weighted by molar-refractivity contribution is -0.114. The molecular formula is C13H16N4O5S2. The summed E-state index contributed by atoms with van der Waals surface area (Å²) in [5, 5.41) is 9.63. The molecule has 0 aliphatic carbocycles. The van der Waals surface area contributed by atoms with Crippen molar-refractivity contribution in [3.8, 4) is 11.5 Å². The average molecular weight is 372 g/mol. The van der Waals surface area contributed by atoms with Crippen molar-refractivity contribution in [1.29, 1.82) is 0 Å². The molecule has 0 bridgehead atoms. The number of methoxy groups -OCH3 is 1. The Morgan fingerprint density at radius 3 is 2.50 bits per heavy atom. The van der Waals surface area contributed by atoms with Crippen molar-refractivity contribution in [3.63, 3.8) is 0 Å². The molecule has 1 aromatic heterocycles. The fourth-order valence-corrected chi connectivity index (χ4v) is 3.60. The van der Waals surface area contributed by atoms with Gasteiger partial charge in [0.05, 0.1) is 7.11 Å². The highest BCUT2D eigenvalue weighted by molar-refractivity contribution is 7.91. The molecule has 1 amide bonds. The summed E-state index contributed by atoms with van der Waals surface area (Å²) in [4.78, 5) is 10.9. The second-order valence-electron chi connectivity index (χ2n) is 4.48. The van der Waals surface area contributed by atoms with Crippen molar-refractivity contribution < 1.29 is 22.7 Å². The van der Waals surface area contributed by atoms with Crippen molar-refractivity contribution in [2.75, 3.05) is 25.6 Å². The van der Waals surface area contributed by atoms with Gasteiger partial charge in [-0.3, -0.25) is 4.79 Å². The summed E-state index contributed by atoms with van der Waals surface area (Å²) in [6.45, 7) is 1.50. The first-order chi connectivity index (χ1) is 11.4. The maximum atomic E-state index is 12.0. The number of nitrogens with zero attached hydrogens (tertiary/aromatic N) is 2. The van der Waals surface area contributed by atoms with Gasteiger partial charge in [0, 0.05) is 13.5 Å². The maximum absolute atomic E-state index is 12.0. The molecule has 9 nitrogen and oxygen atoms in total. The fraction of sp³-hybridized carbons (Fsp3) is 0.308. The largest absolute Gasteiger partial charge is 0.497 e. The van der Waals surface area contributed by atoms with Gasteiger partial charge in [-0.15, -0.1) is 10.2 Å². The van der Waals surface area contributed by atoms with Gasteiger partial charge in [0.1, 0.15) is 18.1 Å². The van der Waals surface area contributed by atoms with Gasteiger partial charge < -0.3 is 14.8 Å². The van der Waals surface area contributed by atoms with Gasteiger partial charge in [0.2, 0.25) is 15.4 Å². The molecule has 0 unspecified atom stereocenters. The molecule has 2 N–H and O–H groups in total. The van der Waals surface area contributed by atoms with Gasteiger partial charge in [-0.2, -0.15) is 0 Å². The molecule has 130 valence electrons. The zero-order valence-corrected chi connectivity index (χ0v) is 14.6. The predicted molar refractivity (Wildman–Crippen MR) is 87.9 cm³/mol. The third kappa shape index (κ3) is 5.15. The van der Waals surface area contributed by atoms with Crippen LogP contribution in [-0.4, -0.2) is 44.8 Å². The Balaban J connectivity index is 1.83. The van der Waals surface area contributed by atoms with Crippen LogP contribution in [0.1, 0.15) is 6.92 Å². The molecule has 11 heteroatoms. The zero-order chi connectivity index (χ0) is 17.6. The highest BCUT2D eigenvalue weighted by atomic mass is 32.2. The summed E-state index contributed by atoms with van der Waals surface area (Å²) in [5.41, 5.74) is 0. The minimum Gasteiger partial charge on any atom is -0.497 e. The lowest BCUT2D eigenvalue weighted by Crippen LogP contribution is -2.28. The molecule has 24 heavy (non-hydrogen) atoms. The molecule has 0 radical (unpaired) electrons. The van der Waals surface area contributed by atoms with E-state index in [1.54, 1.807) is 31.4 Å². The fourth-order valence-electron chi connectivity index (χ4n) is 1.60. The molecule has 0 saturated carbocycles. The van der Waals surface area contributed by atoms with Gasteiger partial charge in [0.15, 0.2) is 0 Å². The Bertz CT molecular complexity index is 789. The van der Waals surface area contributed by atoms with Crippen molar-refractivity contribution in [2.45, 2.75) is 11.3 Å². The number of nitrogens with one attached hydrogen (secondary N) is 2. The Labute approximate surface area is 143 Å². The van der Waals surface area contributed by atoms with Gasteiger partial charge in [-0.1, -0.05) is 11.3 Å². The normalized spacial score (nSPS) is 11.1. The SMILES string of the molecule is COc1ccc(OCCNS(=O)(=O)c2nnc(NC(C)=O)s2)cc1. The number of amides is 1. The Hall–Kier alpha value is -2.24. The van der Waals surface area contributed by atoms with Crippen LogP contribution < -0.4 is 19.5 Å². The summed E-state index contributed by atoms with van der Waals surface area (Å²) < 4.78 is 36.7. The molecule has 1 aromatic carbocycles. The van der Waals surface area contributed by atoms with Crippen molar-refractivity contribution >= 4 is 32.4 Å². The molecule has 0 saturated heterocycles. The first-order valence-electron chi connectivity index (χ1n) is 6.78. The number of carbonyl (C=O) groups is 1. The van der Waals surface area contributed by atoms with E-state index in [0.29, 0.717) is 11.5 Å². The van der Waals surface area contributed by atoms with E-state index in [1.807, 2.05) is 0 Å². The van der Waals surface area contributed by atoms with E-state index in [9.17, 15) is 13.2 Å². The number of rotatable bonds is 8. The lowest BCUT2D eigenvalue weighted by atomic mass is 10.3. The average Bonchev–Trinajstić information content (AvgIpc) is 3.01. The number of benzene rings is 1. The first-order valence-corrected chi connectivity index (χ1v) is 9.08. The number of anilines is 1. The lowest BCUT2D eigenvalue weighted by Gasteiger charge is -2.07. The van der Waals surface area contributed by atoms with Crippen molar-refractivity contribution in [1.82, 2.24) is 14.9 Å². The number of hydrogen-bond acceptors (Lipinski definition) is 8. The van der Waals surface area contributed by atoms with Crippen LogP contribution in [0.2, 0.25) is 0 Å². The molecule has 2 rings (SSSR count). The van der Waals surface area contributed by atoms with E-state index in [-0.39, 0.29) is 28.5 Å². The van der Waals surface area contributed by atoms with E-state index >= 15 is 0 Å².